The third-order valence-electron chi connectivity index (χ3n) is 6.72. The van der Waals surface area contributed by atoms with Crippen LogP contribution in [0.2, 0.25) is 0 Å². The van der Waals surface area contributed by atoms with Gasteiger partial charge in [-0.3, -0.25) is 9.88 Å². The molecule has 5 nitrogen and oxygen atoms in total. The maximum absolute atomic E-state index is 10.8. The molecule has 0 spiro atoms. The lowest BCUT2D eigenvalue weighted by Gasteiger charge is -2.25. The van der Waals surface area contributed by atoms with Crippen molar-refractivity contribution in [2.75, 3.05) is 26.2 Å². The Bertz CT molecular complexity index is 1250. The second kappa shape index (κ2) is 15.3. The molecule has 0 aliphatic carbocycles. The lowest BCUT2D eigenvalue weighted by Crippen LogP contribution is -2.28. The van der Waals surface area contributed by atoms with Crippen LogP contribution in [0.3, 0.4) is 0 Å². The fourth-order valence-corrected chi connectivity index (χ4v) is 4.76. The first-order chi connectivity index (χ1) is 19.2. The average molecular weight is 521 g/mol. The number of carboxylic acids is 1. The summed E-state index contributed by atoms with van der Waals surface area (Å²) >= 11 is 0. The van der Waals surface area contributed by atoms with Crippen LogP contribution >= 0.6 is 0 Å². The minimum Gasteiger partial charge on any atom is -0.482 e. The first kappa shape index (κ1) is 27.8. The molecular formula is C34H36N2O3. The van der Waals surface area contributed by atoms with Crippen LogP contribution in [0.25, 0.3) is 6.08 Å². The highest BCUT2D eigenvalue weighted by molar-refractivity contribution is 5.68. The van der Waals surface area contributed by atoms with Crippen molar-refractivity contribution in [3.05, 3.63) is 138 Å². The highest BCUT2D eigenvalue weighted by Crippen LogP contribution is 2.28. The first-order valence-corrected chi connectivity index (χ1v) is 13.5. The van der Waals surface area contributed by atoms with E-state index in [1.807, 2.05) is 36.7 Å². The average Bonchev–Trinajstić information content (AvgIpc) is 2.98. The molecule has 0 aliphatic rings. The summed E-state index contributed by atoms with van der Waals surface area (Å²) in [6.45, 7) is 2.46. The van der Waals surface area contributed by atoms with Gasteiger partial charge in [0, 0.05) is 24.9 Å². The van der Waals surface area contributed by atoms with Crippen molar-refractivity contribution in [2.45, 2.75) is 25.2 Å². The van der Waals surface area contributed by atoms with E-state index < -0.39 is 5.97 Å². The Labute approximate surface area is 231 Å². The van der Waals surface area contributed by atoms with Crippen LogP contribution in [0, 0.1) is 0 Å². The molecule has 0 atom stereocenters. The van der Waals surface area contributed by atoms with E-state index in [-0.39, 0.29) is 6.61 Å². The Morgan fingerprint density at radius 1 is 0.872 bits per heavy atom. The van der Waals surface area contributed by atoms with Gasteiger partial charge >= 0.3 is 5.97 Å². The molecule has 3 aromatic carbocycles. The van der Waals surface area contributed by atoms with Crippen LogP contribution in [-0.2, 0) is 11.2 Å². The Kier molecular flexibility index (Phi) is 10.9. The Hall–Kier alpha value is -4.22. The van der Waals surface area contributed by atoms with Crippen LogP contribution < -0.4 is 4.74 Å². The van der Waals surface area contributed by atoms with Crippen molar-refractivity contribution in [2.24, 2.45) is 0 Å². The molecule has 39 heavy (non-hydrogen) atoms. The molecule has 0 radical (unpaired) electrons. The number of ether oxygens (including phenoxy) is 1. The standard InChI is InChI=1S/C34H36N2O3/c37-34(38)27-39-32-17-7-10-29(26-32)12-9-24-36(23-8-11-28-18-21-35-22-19-28)25-20-33(30-13-3-1-4-14-30)31-15-5-2-6-16-31/h1-8,10-11,13-19,21-22,26,33H,9,12,20,23-25,27H2,(H,37,38)/b11-8+. The third kappa shape index (κ3) is 9.55. The Morgan fingerprint density at radius 2 is 1.56 bits per heavy atom. The summed E-state index contributed by atoms with van der Waals surface area (Å²) in [5.41, 5.74) is 4.98. The number of aryl methyl sites for hydroxylation is 1. The smallest absolute Gasteiger partial charge is 0.341 e. The number of benzene rings is 3. The van der Waals surface area contributed by atoms with Gasteiger partial charge in [0.15, 0.2) is 6.61 Å². The summed E-state index contributed by atoms with van der Waals surface area (Å²) in [6.07, 6.45) is 10.9. The fraction of sp³-hybridized carbons (Fsp3) is 0.235. The number of carbonyl (C=O) groups is 1. The van der Waals surface area contributed by atoms with E-state index in [1.54, 1.807) is 6.07 Å². The number of aromatic nitrogens is 1. The number of hydrogen-bond donors (Lipinski definition) is 1. The highest BCUT2D eigenvalue weighted by atomic mass is 16.5. The summed E-state index contributed by atoms with van der Waals surface area (Å²) in [5, 5.41) is 8.89. The Morgan fingerprint density at radius 3 is 2.23 bits per heavy atom. The minimum absolute atomic E-state index is 0.328. The molecule has 0 fully saturated rings. The van der Waals surface area contributed by atoms with E-state index in [0.717, 1.165) is 50.0 Å². The number of carboxylic acid groups (broad SMARTS) is 1. The van der Waals surface area contributed by atoms with Crippen LogP contribution in [0.5, 0.6) is 5.75 Å². The van der Waals surface area contributed by atoms with E-state index in [0.29, 0.717) is 11.7 Å². The fourth-order valence-electron chi connectivity index (χ4n) is 4.76. The molecule has 1 aromatic heterocycles. The molecule has 4 rings (SSSR count). The third-order valence-corrected chi connectivity index (χ3v) is 6.72. The number of aliphatic carboxylic acids is 1. The second-order valence-electron chi connectivity index (χ2n) is 9.58. The second-order valence-corrected chi connectivity index (χ2v) is 9.58. The van der Waals surface area contributed by atoms with E-state index in [9.17, 15) is 4.79 Å². The van der Waals surface area contributed by atoms with Crippen molar-refractivity contribution >= 4 is 12.0 Å². The van der Waals surface area contributed by atoms with Crippen LogP contribution in [0.15, 0.2) is 116 Å². The largest absolute Gasteiger partial charge is 0.482 e. The summed E-state index contributed by atoms with van der Waals surface area (Å²) in [4.78, 5) is 17.5. The summed E-state index contributed by atoms with van der Waals surface area (Å²) < 4.78 is 5.36. The summed E-state index contributed by atoms with van der Waals surface area (Å²) in [7, 11) is 0. The van der Waals surface area contributed by atoms with Crippen molar-refractivity contribution in [1.29, 1.82) is 0 Å². The molecule has 0 bridgehead atoms. The van der Waals surface area contributed by atoms with Crippen molar-refractivity contribution in [3.63, 3.8) is 0 Å². The van der Waals surface area contributed by atoms with Crippen molar-refractivity contribution < 1.29 is 14.6 Å². The van der Waals surface area contributed by atoms with Crippen LogP contribution in [0.4, 0.5) is 0 Å². The van der Waals surface area contributed by atoms with E-state index in [2.05, 4.69) is 88.8 Å². The minimum atomic E-state index is -0.972. The van der Waals surface area contributed by atoms with Crippen LogP contribution in [0.1, 0.15) is 41.0 Å². The van der Waals surface area contributed by atoms with E-state index >= 15 is 0 Å². The van der Waals surface area contributed by atoms with Gasteiger partial charge in [-0.2, -0.15) is 0 Å². The molecule has 0 unspecified atom stereocenters. The number of hydrogen-bond acceptors (Lipinski definition) is 4. The molecule has 0 aliphatic heterocycles. The zero-order valence-electron chi connectivity index (χ0n) is 22.2. The number of pyridine rings is 1. The maximum Gasteiger partial charge on any atom is 0.341 e. The van der Waals surface area contributed by atoms with Crippen molar-refractivity contribution in [3.8, 4) is 5.75 Å². The van der Waals surface area contributed by atoms with Gasteiger partial charge in [0.05, 0.1) is 0 Å². The van der Waals surface area contributed by atoms with Gasteiger partial charge in [-0.25, -0.2) is 4.79 Å². The van der Waals surface area contributed by atoms with Gasteiger partial charge in [0.25, 0.3) is 0 Å². The van der Waals surface area contributed by atoms with Gasteiger partial charge in [0.2, 0.25) is 0 Å². The zero-order chi connectivity index (χ0) is 27.1. The number of rotatable bonds is 15. The molecule has 1 N–H and O–H groups in total. The lowest BCUT2D eigenvalue weighted by molar-refractivity contribution is -0.139. The van der Waals surface area contributed by atoms with Gasteiger partial charge in [-0.05, 0) is 78.9 Å². The lowest BCUT2D eigenvalue weighted by atomic mass is 9.88. The first-order valence-electron chi connectivity index (χ1n) is 13.5. The molecule has 0 amide bonds. The number of nitrogens with zero attached hydrogens (tertiary/aromatic N) is 2. The quantitative estimate of drug-likeness (QED) is 0.189. The van der Waals surface area contributed by atoms with E-state index in [1.165, 1.54) is 11.1 Å². The predicted molar refractivity (Wildman–Crippen MR) is 157 cm³/mol. The van der Waals surface area contributed by atoms with E-state index in [4.69, 9.17) is 9.84 Å². The monoisotopic (exact) mass is 520 g/mol. The normalized spacial score (nSPS) is 11.3. The van der Waals surface area contributed by atoms with Crippen molar-refractivity contribution in [1.82, 2.24) is 9.88 Å². The van der Waals surface area contributed by atoms with Crippen LogP contribution in [-0.4, -0.2) is 47.2 Å². The van der Waals surface area contributed by atoms with Gasteiger partial charge in [-0.15, -0.1) is 0 Å². The van der Waals surface area contributed by atoms with Gasteiger partial charge < -0.3 is 9.84 Å². The molecule has 5 heteroatoms. The molecule has 200 valence electrons. The molecule has 1 heterocycles. The zero-order valence-corrected chi connectivity index (χ0v) is 22.2. The Balaban J connectivity index is 1.41. The van der Waals surface area contributed by atoms with Gasteiger partial charge in [0.1, 0.15) is 5.75 Å². The SMILES string of the molecule is O=C(O)COc1cccc(CCCN(C/C=C/c2ccncc2)CCC(c2ccccc2)c2ccccc2)c1. The van der Waals surface area contributed by atoms with Gasteiger partial charge in [-0.1, -0.05) is 84.9 Å². The molecule has 0 saturated heterocycles. The molecule has 0 saturated carbocycles. The maximum atomic E-state index is 10.8. The predicted octanol–water partition coefficient (Wildman–Crippen LogP) is 6.72. The topological polar surface area (TPSA) is 62.7 Å². The summed E-state index contributed by atoms with van der Waals surface area (Å²) in [5.74, 6) is -0.0390. The highest BCUT2D eigenvalue weighted by Gasteiger charge is 2.15. The summed E-state index contributed by atoms with van der Waals surface area (Å²) in [6, 6.07) is 33.3. The molecule has 4 aromatic rings. The molecular weight excluding hydrogens is 484 g/mol.